The first-order valence-corrected chi connectivity index (χ1v) is 7.02. The molecule has 0 fully saturated rings. The van der Waals surface area contributed by atoms with Crippen molar-refractivity contribution < 1.29 is 0 Å². The number of aromatic nitrogens is 3. The third-order valence-corrected chi connectivity index (χ3v) is 4.36. The van der Waals surface area contributed by atoms with Crippen molar-refractivity contribution in [3.05, 3.63) is 38.4 Å². The van der Waals surface area contributed by atoms with E-state index in [2.05, 4.69) is 28.8 Å². The van der Waals surface area contributed by atoms with Gasteiger partial charge in [-0.1, -0.05) is 0 Å². The Balaban J connectivity index is 2.13. The van der Waals surface area contributed by atoms with Gasteiger partial charge >= 0.3 is 0 Å². The van der Waals surface area contributed by atoms with Crippen LogP contribution in [-0.4, -0.2) is 15.0 Å². The molecule has 0 aliphatic heterocycles. The largest absolute Gasteiger partial charge is 0.255 e. The van der Waals surface area contributed by atoms with Crippen LogP contribution in [0.2, 0.25) is 0 Å². The Labute approximate surface area is 112 Å². The second-order valence-electron chi connectivity index (χ2n) is 4.68. The molecule has 0 aliphatic rings. The molecule has 4 heteroatoms. The molecule has 96 valence electrons. The number of nitrogens with zero attached hydrogens (tertiary/aromatic N) is 3. The van der Waals surface area contributed by atoms with E-state index in [4.69, 9.17) is 0 Å². The van der Waals surface area contributed by atoms with Crippen LogP contribution in [0.25, 0.3) is 0 Å². The van der Waals surface area contributed by atoms with E-state index in [1.54, 1.807) is 11.3 Å². The van der Waals surface area contributed by atoms with Crippen LogP contribution in [0, 0.1) is 34.6 Å². The molecule has 0 saturated heterocycles. The molecule has 0 aliphatic carbocycles. The summed E-state index contributed by atoms with van der Waals surface area (Å²) in [5, 5.41) is 1.20. The minimum atomic E-state index is 0.923. The highest BCUT2D eigenvalue weighted by Crippen LogP contribution is 2.18. The first-order valence-electron chi connectivity index (χ1n) is 6.21. The van der Waals surface area contributed by atoms with E-state index in [-0.39, 0.29) is 0 Å². The van der Waals surface area contributed by atoms with Crippen molar-refractivity contribution in [1.29, 1.82) is 0 Å². The lowest BCUT2D eigenvalue weighted by atomic mass is 10.2. The summed E-state index contributed by atoms with van der Waals surface area (Å²) in [4.78, 5) is 15.0. The Morgan fingerprint density at radius 2 is 1.39 bits per heavy atom. The SMILES string of the molecule is Cc1nc(C)c(CCc2nc(C)c(C)s2)nc1C. The topological polar surface area (TPSA) is 38.7 Å². The van der Waals surface area contributed by atoms with Crippen molar-refractivity contribution >= 4 is 11.3 Å². The molecule has 0 spiro atoms. The fourth-order valence-electron chi connectivity index (χ4n) is 1.87. The molecular formula is C14H19N3S. The van der Waals surface area contributed by atoms with Gasteiger partial charge in [-0.3, -0.25) is 9.97 Å². The summed E-state index contributed by atoms with van der Waals surface area (Å²) in [5.41, 5.74) is 5.35. The summed E-state index contributed by atoms with van der Waals surface area (Å²) in [7, 11) is 0. The number of aryl methyl sites for hydroxylation is 7. The first-order chi connectivity index (χ1) is 8.47. The summed E-state index contributed by atoms with van der Waals surface area (Å²) in [6.45, 7) is 10.2. The Hall–Kier alpha value is -1.29. The first kappa shape index (κ1) is 13.1. The molecule has 2 heterocycles. The van der Waals surface area contributed by atoms with Crippen molar-refractivity contribution in [3.63, 3.8) is 0 Å². The fraction of sp³-hybridized carbons (Fsp3) is 0.500. The molecule has 18 heavy (non-hydrogen) atoms. The lowest BCUT2D eigenvalue weighted by molar-refractivity contribution is 0.843. The van der Waals surface area contributed by atoms with E-state index in [1.807, 2.05) is 20.8 Å². The van der Waals surface area contributed by atoms with Crippen LogP contribution in [0.5, 0.6) is 0 Å². The zero-order valence-corrected chi connectivity index (χ0v) is 12.5. The summed E-state index contributed by atoms with van der Waals surface area (Å²) in [6, 6.07) is 0. The Morgan fingerprint density at radius 1 is 0.722 bits per heavy atom. The summed E-state index contributed by atoms with van der Waals surface area (Å²) in [5.74, 6) is 0. The predicted octanol–water partition coefficient (Wildman–Crippen LogP) is 3.26. The smallest absolute Gasteiger partial charge is 0.0934 e. The van der Waals surface area contributed by atoms with E-state index < -0.39 is 0 Å². The van der Waals surface area contributed by atoms with E-state index >= 15 is 0 Å². The van der Waals surface area contributed by atoms with E-state index in [0.717, 1.165) is 41.3 Å². The van der Waals surface area contributed by atoms with Crippen molar-refractivity contribution in [1.82, 2.24) is 15.0 Å². The fourth-order valence-corrected chi connectivity index (χ4v) is 2.80. The van der Waals surface area contributed by atoms with Gasteiger partial charge in [-0.25, -0.2) is 4.98 Å². The van der Waals surface area contributed by atoms with Gasteiger partial charge in [0.1, 0.15) is 0 Å². The Morgan fingerprint density at radius 3 is 2.00 bits per heavy atom. The summed E-state index contributed by atoms with van der Waals surface area (Å²) in [6.07, 6.45) is 1.88. The third-order valence-electron chi connectivity index (χ3n) is 3.23. The van der Waals surface area contributed by atoms with Gasteiger partial charge in [0.2, 0.25) is 0 Å². The molecule has 0 unspecified atom stereocenters. The van der Waals surface area contributed by atoms with Gasteiger partial charge in [0, 0.05) is 11.3 Å². The minimum absolute atomic E-state index is 0.923. The normalized spacial score (nSPS) is 10.9. The molecule has 3 nitrogen and oxygen atoms in total. The molecule has 0 aromatic carbocycles. The molecule has 0 N–H and O–H groups in total. The van der Waals surface area contributed by atoms with Crippen LogP contribution in [0.3, 0.4) is 0 Å². The van der Waals surface area contributed by atoms with Gasteiger partial charge in [0.15, 0.2) is 0 Å². The van der Waals surface area contributed by atoms with Crippen LogP contribution in [0.15, 0.2) is 0 Å². The maximum atomic E-state index is 4.63. The van der Waals surface area contributed by atoms with Crippen LogP contribution in [0.4, 0.5) is 0 Å². The van der Waals surface area contributed by atoms with Crippen molar-refractivity contribution in [2.75, 3.05) is 0 Å². The lowest BCUT2D eigenvalue weighted by Gasteiger charge is -2.06. The maximum absolute atomic E-state index is 4.63. The van der Waals surface area contributed by atoms with Gasteiger partial charge in [0.25, 0.3) is 0 Å². The molecule has 2 aromatic rings. The average molecular weight is 261 g/mol. The molecule has 2 rings (SSSR count). The number of thiazole rings is 1. The van der Waals surface area contributed by atoms with E-state index in [1.165, 1.54) is 9.88 Å². The average Bonchev–Trinajstić information content (AvgIpc) is 2.62. The van der Waals surface area contributed by atoms with Crippen LogP contribution in [-0.2, 0) is 12.8 Å². The number of hydrogen-bond acceptors (Lipinski definition) is 4. The highest BCUT2D eigenvalue weighted by Gasteiger charge is 2.08. The highest BCUT2D eigenvalue weighted by molar-refractivity contribution is 7.11. The summed E-state index contributed by atoms with van der Waals surface area (Å²) < 4.78 is 0. The zero-order chi connectivity index (χ0) is 13.3. The lowest BCUT2D eigenvalue weighted by Crippen LogP contribution is -2.04. The van der Waals surface area contributed by atoms with Gasteiger partial charge in [0.05, 0.1) is 33.5 Å². The molecule has 0 amide bonds. The minimum Gasteiger partial charge on any atom is -0.255 e. The molecule has 0 bridgehead atoms. The highest BCUT2D eigenvalue weighted by atomic mass is 32.1. The maximum Gasteiger partial charge on any atom is 0.0934 e. The Kier molecular flexibility index (Phi) is 3.76. The second-order valence-corrected chi connectivity index (χ2v) is 5.96. The van der Waals surface area contributed by atoms with E-state index in [0.29, 0.717) is 0 Å². The van der Waals surface area contributed by atoms with E-state index in [9.17, 15) is 0 Å². The monoisotopic (exact) mass is 261 g/mol. The van der Waals surface area contributed by atoms with Crippen LogP contribution >= 0.6 is 11.3 Å². The molecule has 0 atom stereocenters. The summed E-state index contributed by atoms with van der Waals surface area (Å²) >= 11 is 1.79. The zero-order valence-electron chi connectivity index (χ0n) is 11.7. The second kappa shape index (κ2) is 5.14. The molecule has 0 saturated carbocycles. The van der Waals surface area contributed by atoms with Crippen molar-refractivity contribution in [3.8, 4) is 0 Å². The van der Waals surface area contributed by atoms with Crippen molar-refractivity contribution in [2.45, 2.75) is 47.5 Å². The van der Waals surface area contributed by atoms with Gasteiger partial charge < -0.3 is 0 Å². The predicted molar refractivity (Wildman–Crippen MR) is 75.2 cm³/mol. The van der Waals surface area contributed by atoms with Gasteiger partial charge in [-0.05, 0) is 41.0 Å². The van der Waals surface area contributed by atoms with Crippen LogP contribution in [0.1, 0.15) is 38.4 Å². The molecule has 0 radical (unpaired) electrons. The quantitative estimate of drug-likeness (QED) is 0.851. The molecule has 2 aromatic heterocycles. The van der Waals surface area contributed by atoms with Gasteiger partial charge in [-0.2, -0.15) is 0 Å². The van der Waals surface area contributed by atoms with Crippen molar-refractivity contribution in [2.24, 2.45) is 0 Å². The van der Waals surface area contributed by atoms with Crippen LogP contribution < -0.4 is 0 Å². The number of hydrogen-bond donors (Lipinski definition) is 0. The Bertz CT molecular complexity index is 553. The van der Waals surface area contributed by atoms with Gasteiger partial charge in [-0.15, -0.1) is 11.3 Å². The standard InChI is InChI=1S/C14H19N3S/c1-8-9(2)16-13(11(4)15-8)6-7-14-17-10(3)12(5)18-14/h6-7H2,1-5H3. The third kappa shape index (κ3) is 2.75. The number of rotatable bonds is 3. The molecular weight excluding hydrogens is 242 g/mol.